The number of aliphatic hydroxyl groups excluding tert-OH is 3. The van der Waals surface area contributed by atoms with Crippen molar-refractivity contribution in [1.29, 1.82) is 5.41 Å². The molecule has 0 spiro atoms. The molecule has 25 heavy (non-hydrogen) atoms. The first-order valence-corrected chi connectivity index (χ1v) is 9.27. The Morgan fingerprint density at radius 2 is 1.96 bits per heavy atom. The number of nitrogens with zero attached hydrogens (tertiary/aromatic N) is 1. The number of rotatable bonds is 9. The summed E-state index contributed by atoms with van der Waals surface area (Å²) in [6.45, 7) is 3.72. The molecule has 1 saturated carbocycles. The molecule has 1 heterocycles. The highest BCUT2D eigenvalue weighted by molar-refractivity contribution is 6.69. The van der Waals surface area contributed by atoms with Crippen molar-refractivity contribution in [1.82, 2.24) is 4.57 Å². The molecule has 0 radical (unpaired) electrons. The maximum absolute atomic E-state index is 10.4. The first-order chi connectivity index (χ1) is 11.8. The summed E-state index contributed by atoms with van der Waals surface area (Å²) in [6.07, 6.45) is 4.03. The Morgan fingerprint density at radius 1 is 1.32 bits per heavy atom. The smallest absolute Gasteiger partial charge is 0.151 e. The van der Waals surface area contributed by atoms with E-state index in [2.05, 4.69) is 0 Å². The Kier molecular flexibility index (Phi) is 7.46. The highest BCUT2D eigenvalue weighted by Gasteiger charge is 2.27. The zero-order valence-electron chi connectivity index (χ0n) is 14.9. The van der Waals surface area contributed by atoms with Crippen molar-refractivity contribution >= 4 is 16.8 Å². The van der Waals surface area contributed by atoms with Crippen molar-refractivity contribution in [2.45, 2.75) is 76.9 Å². The molecule has 1 aliphatic carbocycles. The van der Waals surface area contributed by atoms with Crippen LogP contribution in [0.4, 0.5) is 0 Å². The van der Waals surface area contributed by atoms with E-state index >= 15 is 0 Å². The second-order valence-corrected chi connectivity index (χ2v) is 7.37. The largest absolute Gasteiger partial charge is 0.391 e. The molecule has 1 aromatic rings. The topological polar surface area (TPSA) is 98.7 Å². The fourth-order valence-corrected chi connectivity index (χ4v) is 3.97. The molecular formula is C18H29ClN2O4. The molecule has 6 nitrogen and oxygen atoms in total. The third-order valence-corrected chi connectivity index (χ3v) is 4.94. The third kappa shape index (κ3) is 5.53. The molecule has 7 heteroatoms. The molecule has 0 saturated heterocycles. The Labute approximate surface area is 153 Å². The van der Waals surface area contributed by atoms with E-state index in [0.717, 1.165) is 29.7 Å². The van der Waals surface area contributed by atoms with E-state index in [9.17, 15) is 10.2 Å². The summed E-state index contributed by atoms with van der Waals surface area (Å²) in [5, 5.41) is 37.3. The molecule has 0 amide bonds. The normalized spacial score (nSPS) is 19.1. The van der Waals surface area contributed by atoms with Crippen LogP contribution >= 0.6 is 11.6 Å². The monoisotopic (exact) mass is 372 g/mol. The lowest BCUT2D eigenvalue weighted by Crippen LogP contribution is -2.27. The molecule has 0 aromatic carbocycles. The Bertz CT molecular complexity index is 582. The van der Waals surface area contributed by atoms with Crippen molar-refractivity contribution in [2.24, 2.45) is 0 Å². The van der Waals surface area contributed by atoms with Gasteiger partial charge in [-0.25, -0.2) is 0 Å². The van der Waals surface area contributed by atoms with E-state index in [1.165, 1.54) is 19.8 Å². The standard InChI is InChI=1S/C18H29ClN2O4/c1-11-8-21(9-14(23)7-15(24)10-25-12(2)22)17(16(11)18(19)20)13-5-3-4-6-13/h8,12-15,20,22-24H,3-7,9-10H2,1-2H3/t12-,14?,15?/m1/s1. The number of ether oxygens (including phenoxy) is 1. The number of aromatic nitrogens is 1. The lowest BCUT2D eigenvalue weighted by molar-refractivity contribution is -0.114. The zero-order valence-corrected chi connectivity index (χ0v) is 15.7. The molecule has 0 aliphatic heterocycles. The summed E-state index contributed by atoms with van der Waals surface area (Å²) in [7, 11) is 0. The van der Waals surface area contributed by atoms with Gasteiger partial charge in [0, 0.05) is 30.4 Å². The average Bonchev–Trinajstić information content (AvgIpc) is 3.12. The average molecular weight is 373 g/mol. The Morgan fingerprint density at radius 3 is 2.52 bits per heavy atom. The van der Waals surface area contributed by atoms with Gasteiger partial charge in [-0.1, -0.05) is 24.4 Å². The van der Waals surface area contributed by atoms with Crippen LogP contribution in [0.1, 0.15) is 61.8 Å². The molecule has 4 N–H and O–H groups in total. The van der Waals surface area contributed by atoms with Crippen LogP contribution < -0.4 is 0 Å². The van der Waals surface area contributed by atoms with Gasteiger partial charge < -0.3 is 24.6 Å². The van der Waals surface area contributed by atoms with Crippen LogP contribution in [0.2, 0.25) is 0 Å². The van der Waals surface area contributed by atoms with E-state index < -0.39 is 18.5 Å². The summed E-state index contributed by atoms with van der Waals surface area (Å²) < 4.78 is 6.95. The molecule has 142 valence electrons. The van der Waals surface area contributed by atoms with E-state index in [-0.39, 0.29) is 18.2 Å². The zero-order chi connectivity index (χ0) is 18.6. The van der Waals surface area contributed by atoms with Gasteiger partial charge in [-0.3, -0.25) is 5.41 Å². The highest BCUT2D eigenvalue weighted by atomic mass is 35.5. The van der Waals surface area contributed by atoms with Crippen molar-refractivity contribution in [2.75, 3.05) is 6.61 Å². The van der Waals surface area contributed by atoms with Crippen LogP contribution in [0.25, 0.3) is 0 Å². The predicted molar refractivity (Wildman–Crippen MR) is 97.3 cm³/mol. The van der Waals surface area contributed by atoms with Crippen molar-refractivity contribution < 1.29 is 20.1 Å². The molecule has 3 atom stereocenters. The summed E-state index contributed by atoms with van der Waals surface area (Å²) in [5.74, 6) is 0.360. The van der Waals surface area contributed by atoms with Crippen molar-refractivity contribution in [3.63, 3.8) is 0 Å². The SMILES string of the molecule is Cc1cn(CC(O)CC(O)CO[C@H](C)O)c(C2CCCC2)c1C(=N)Cl. The molecular weight excluding hydrogens is 344 g/mol. The lowest BCUT2D eigenvalue weighted by atomic mass is 9.98. The summed E-state index contributed by atoms with van der Waals surface area (Å²) in [4.78, 5) is 0. The summed E-state index contributed by atoms with van der Waals surface area (Å²) in [6, 6.07) is 0. The minimum absolute atomic E-state index is 0.0213. The quantitative estimate of drug-likeness (QED) is 0.395. The van der Waals surface area contributed by atoms with Crippen LogP contribution in [0.3, 0.4) is 0 Å². The van der Waals surface area contributed by atoms with E-state index in [4.69, 9.17) is 26.9 Å². The minimum atomic E-state index is -0.940. The molecule has 2 rings (SSSR count). The number of hydrogen-bond donors (Lipinski definition) is 4. The van der Waals surface area contributed by atoms with E-state index in [1.807, 2.05) is 17.7 Å². The van der Waals surface area contributed by atoms with Crippen molar-refractivity contribution in [3.05, 3.63) is 23.0 Å². The van der Waals surface area contributed by atoms with Gasteiger partial charge in [-0.2, -0.15) is 0 Å². The van der Waals surface area contributed by atoms with Gasteiger partial charge >= 0.3 is 0 Å². The van der Waals surface area contributed by atoms with Crippen LogP contribution in [0, 0.1) is 12.3 Å². The maximum atomic E-state index is 10.4. The number of hydrogen-bond acceptors (Lipinski definition) is 5. The van der Waals surface area contributed by atoms with Crippen molar-refractivity contribution in [3.8, 4) is 0 Å². The Balaban J connectivity index is 2.10. The van der Waals surface area contributed by atoms with E-state index in [0.29, 0.717) is 12.5 Å². The third-order valence-electron chi connectivity index (χ3n) is 4.75. The summed E-state index contributed by atoms with van der Waals surface area (Å²) in [5.41, 5.74) is 2.75. The van der Waals surface area contributed by atoms with Crippen LogP contribution in [0.5, 0.6) is 0 Å². The fourth-order valence-electron chi connectivity index (χ4n) is 3.72. The number of aryl methyl sites for hydroxylation is 1. The predicted octanol–water partition coefficient (Wildman–Crippen LogP) is 2.49. The second kappa shape index (κ2) is 9.14. The van der Waals surface area contributed by atoms with Gasteiger partial charge in [0.1, 0.15) is 5.17 Å². The van der Waals surface area contributed by atoms with Crippen LogP contribution in [0.15, 0.2) is 6.20 Å². The van der Waals surface area contributed by atoms with Gasteiger partial charge in [0.2, 0.25) is 0 Å². The fraction of sp³-hybridized carbons (Fsp3) is 0.722. The molecule has 1 fully saturated rings. The molecule has 2 unspecified atom stereocenters. The first-order valence-electron chi connectivity index (χ1n) is 8.89. The van der Waals surface area contributed by atoms with Crippen LogP contribution in [-0.2, 0) is 11.3 Å². The maximum Gasteiger partial charge on any atom is 0.151 e. The van der Waals surface area contributed by atoms with E-state index in [1.54, 1.807) is 0 Å². The number of aliphatic hydroxyl groups is 3. The number of nitrogens with one attached hydrogen (secondary N) is 1. The molecule has 0 bridgehead atoms. The van der Waals surface area contributed by atoms with Gasteiger partial charge in [-0.05, 0) is 38.2 Å². The van der Waals surface area contributed by atoms with Gasteiger partial charge in [0.15, 0.2) is 6.29 Å². The minimum Gasteiger partial charge on any atom is -0.391 e. The van der Waals surface area contributed by atoms with Gasteiger partial charge in [0.25, 0.3) is 0 Å². The molecule has 1 aliphatic rings. The second-order valence-electron chi connectivity index (χ2n) is 7.00. The highest BCUT2D eigenvalue weighted by Crippen LogP contribution is 2.38. The lowest BCUT2D eigenvalue weighted by Gasteiger charge is -2.21. The van der Waals surface area contributed by atoms with Gasteiger partial charge in [0.05, 0.1) is 18.8 Å². The summed E-state index contributed by atoms with van der Waals surface area (Å²) >= 11 is 6.02. The number of halogens is 1. The van der Waals surface area contributed by atoms with Gasteiger partial charge in [-0.15, -0.1) is 0 Å². The van der Waals surface area contributed by atoms with Crippen LogP contribution in [-0.4, -0.2) is 50.2 Å². The molecule has 1 aromatic heterocycles. The Hall–Kier alpha value is -0.920. The first kappa shape index (κ1) is 20.4.